The Hall–Kier alpha value is -2.70. The summed E-state index contributed by atoms with van der Waals surface area (Å²) in [7, 11) is 4.02. The van der Waals surface area contributed by atoms with E-state index in [1.165, 1.54) is 5.56 Å². The maximum atomic E-state index is 12.8. The molecular weight excluding hydrogens is 342 g/mol. The zero-order valence-electron chi connectivity index (χ0n) is 15.6. The Bertz CT molecular complexity index is 792. The number of rotatable bonds is 6. The fourth-order valence-electron chi connectivity index (χ4n) is 3.21. The highest BCUT2D eigenvalue weighted by Gasteiger charge is 2.35. The molecule has 0 bridgehead atoms. The molecular formula is C21H25N3O3. The van der Waals surface area contributed by atoms with Gasteiger partial charge >= 0.3 is 0 Å². The molecule has 0 aliphatic carbocycles. The van der Waals surface area contributed by atoms with Crippen molar-refractivity contribution < 1.29 is 14.3 Å². The fraction of sp³-hybridized carbons (Fsp3) is 0.333. The molecule has 0 unspecified atom stereocenters. The Kier molecular flexibility index (Phi) is 6.21. The van der Waals surface area contributed by atoms with Crippen molar-refractivity contribution in [3.05, 3.63) is 71.3 Å². The summed E-state index contributed by atoms with van der Waals surface area (Å²) >= 11 is 0. The first-order valence-electron chi connectivity index (χ1n) is 8.99. The molecule has 2 amide bonds. The van der Waals surface area contributed by atoms with E-state index in [9.17, 15) is 9.59 Å². The molecule has 2 aromatic carbocycles. The van der Waals surface area contributed by atoms with Gasteiger partial charge < -0.3 is 20.3 Å². The second-order valence-corrected chi connectivity index (χ2v) is 6.91. The van der Waals surface area contributed by atoms with Crippen molar-refractivity contribution in [2.24, 2.45) is 0 Å². The van der Waals surface area contributed by atoms with Crippen LogP contribution in [0.5, 0.6) is 0 Å². The average molecular weight is 367 g/mol. The topological polar surface area (TPSA) is 70.7 Å². The maximum absolute atomic E-state index is 12.8. The van der Waals surface area contributed by atoms with Crippen LogP contribution in [0.15, 0.2) is 54.6 Å². The van der Waals surface area contributed by atoms with E-state index in [1.54, 1.807) is 0 Å². The third-order valence-electron chi connectivity index (χ3n) is 4.49. The Morgan fingerprint density at radius 3 is 2.48 bits per heavy atom. The smallest absolute Gasteiger partial charge is 0.251 e. The summed E-state index contributed by atoms with van der Waals surface area (Å²) in [6.45, 7) is 1.10. The van der Waals surface area contributed by atoms with Gasteiger partial charge in [0.15, 0.2) is 6.10 Å². The van der Waals surface area contributed by atoms with E-state index in [2.05, 4.69) is 21.6 Å². The number of carbonyl (C=O) groups excluding carboxylic acids is 2. The summed E-state index contributed by atoms with van der Waals surface area (Å²) in [4.78, 5) is 26.7. The van der Waals surface area contributed by atoms with E-state index >= 15 is 0 Å². The Morgan fingerprint density at radius 2 is 1.78 bits per heavy atom. The van der Waals surface area contributed by atoms with Crippen LogP contribution in [0.3, 0.4) is 0 Å². The van der Waals surface area contributed by atoms with Crippen molar-refractivity contribution in [3.63, 3.8) is 0 Å². The normalized spacial score (nSPS) is 19.6. The highest BCUT2D eigenvalue weighted by Crippen LogP contribution is 2.22. The first kappa shape index (κ1) is 19.1. The molecule has 6 heteroatoms. The summed E-state index contributed by atoms with van der Waals surface area (Å²) in [5.41, 5.74) is 3.08. The third kappa shape index (κ3) is 4.93. The van der Waals surface area contributed by atoms with Crippen LogP contribution in [0.1, 0.15) is 22.7 Å². The van der Waals surface area contributed by atoms with Gasteiger partial charge in [-0.1, -0.05) is 54.6 Å². The van der Waals surface area contributed by atoms with Crippen molar-refractivity contribution in [3.8, 4) is 0 Å². The van der Waals surface area contributed by atoms with Crippen LogP contribution in [-0.4, -0.2) is 43.5 Å². The van der Waals surface area contributed by atoms with Gasteiger partial charge in [0, 0.05) is 13.1 Å². The van der Waals surface area contributed by atoms with Gasteiger partial charge in [-0.05, 0) is 30.8 Å². The Morgan fingerprint density at radius 1 is 1.11 bits per heavy atom. The predicted octanol–water partition coefficient (Wildman–Crippen LogP) is 1.62. The molecule has 2 N–H and O–H groups in total. The second kappa shape index (κ2) is 8.79. The number of hydrogen-bond donors (Lipinski definition) is 2. The maximum Gasteiger partial charge on any atom is 0.251 e. The quantitative estimate of drug-likeness (QED) is 0.814. The first-order chi connectivity index (χ1) is 13.0. The molecule has 2 atom stereocenters. The van der Waals surface area contributed by atoms with Gasteiger partial charge in [-0.25, -0.2) is 0 Å². The minimum Gasteiger partial charge on any atom is -0.356 e. The van der Waals surface area contributed by atoms with E-state index in [0.29, 0.717) is 6.54 Å². The minimum absolute atomic E-state index is 0.112. The summed E-state index contributed by atoms with van der Waals surface area (Å²) in [6, 6.07) is 16.9. The number of nitrogens with one attached hydrogen (secondary N) is 2. The lowest BCUT2D eigenvalue weighted by Gasteiger charge is -2.31. The van der Waals surface area contributed by atoms with Crippen molar-refractivity contribution in [2.75, 3.05) is 20.7 Å². The van der Waals surface area contributed by atoms with E-state index in [0.717, 1.165) is 17.7 Å². The molecule has 27 heavy (non-hydrogen) atoms. The van der Waals surface area contributed by atoms with Crippen LogP contribution >= 0.6 is 0 Å². The molecule has 1 aliphatic rings. The van der Waals surface area contributed by atoms with Gasteiger partial charge in [0.25, 0.3) is 5.91 Å². The summed E-state index contributed by atoms with van der Waals surface area (Å²) in [6.07, 6.45) is -0.758. The minimum atomic E-state index is -0.758. The molecule has 1 fully saturated rings. The van der Waals surface area contributed by atoms with E-state index < -0.39 is 12.1 Å². The second-order valence-electron chi connectivity index (χ2n) is 6.91. The molecule has 142 valence electrons. The third-order valence-corrected chi connectivity index (χ3v) is 4.49. The van der Waals surface area contributed by atoms with Gasteiger partial charge in [-0.15, -0.1) is 0 Å². The van der Waals surface area contributed by atoms with Gasteiger partial charge in [0.2, 0.25) is 5.91 Å². The number of ether oxygens (including phenoxy) is 1. The van der Waals surface area contributed by atoms with Gasteiger partial charge in [0.1, 0.15) is 6.61 Å². The monoisotopic (exact) mass is 367 g/mol. The molecule has 2 aromatic rings. The van der Waals surface area contributed by atoms with Crippen LogP contribution in [0, 0.1) is 0 Å². The lowest BCUT2D eigenvalue weighted by atomic mass is 9.99. The Labute approximate surface area is 159 Å². The lowest BCUT2D eigenvalue weighted by Crippen LogP contribution is -2.52. The summed E-state index contributed by atoms with van der Waals surface area (Å²) in [5.74, 6) is -0.451. The molecule has 3 rings (SSSR count). The number of nitrogens with zero attached hydrogens (tertiary/aromatic N) is 1. The molecule has 0 radical (unpaired) electrons. The number of morpholine rings is 1. The average Bonchev–Trinajstić information content (AvgIpc) is 2.67. The summed E-state index contributed by atoms with van der Waals surface area (Å²) in [5, 5.41) is 5.83. The zero-order chi connectivity index (χ0) is 19.2. The number of carbonyl (C=O) groups is 2. The molecule has 0 aromatic heterocycles. The SMILES string of the molecule is CN(C)Cc1ccccc1CNC(=O)[C@H]1OCC(=O)N[C@@H]1c1ccccc1. The molecule has 1 aliphatic heterocycles. The van der Waals surface area contributed by atoms with Crippen LogP contribution in [-0.2, 0) is 27.4 Å². The number of benzene rings is 2. The van der Waals surface area contributed by atoms with Crippen LogP contribution in [0.2, 0.25) is 0 Å². The predicted molar refractivity (Wildman–Crippen MR) is 103 cm³/mol. The fourth-order valence-corrected chi connectivity index (χ4v) is 3.21. The first-order valence-corrected chi connectivity index (χ1v) is 8.99. The Balaban J connectivity index is 1.70. The van der Waals surface area contributed by atoms with Crippen molar-refractivity contribution in [1.82, 2.24) is 15.5 Å². The molecule has 6 nitrogen and oxygen atoms in total. The molecule has 0 saturated carbocycles. The van der Waals surface area contributed by atoms with Gasteiger partial charge in [-0.3, -0.25) is 9.59 Å². The van der Waals surface area contributed by atoms with Crippen LogP contribution in [0.4, 0.5) is 0 Å². The largest absolute Gasteiger partial charge is 0.356 e. The van der Waals surface area contributed by atoms with E-state index in [-0.39, 0.29) is 18.4 Å². The van der Waals surface area contributed by atoms with Crippen molar-refractivity contribution in [1.29, 1.82) is 0 Å². The van der Waals surface area contributed by atoms with Gasteiger partial charge in [0.05, 0.1) is 6.04 Å². The standard InChI is InChI=1S/C21H25N3O3/c1-24(2)13-17-11-7-6-10-16(17)12-22-21(26)20-19(23-18(25)14-27-20)15-8-4-3-5-9-15/h3-11,19-20H,12-14H2,1-2H3,(H,22,26)(H,23,25)/t19-,20+/m1/s1. The van der Waals surface area contributed by atoms with Gasteiger partial charge in [-0.2, -0.15) is 0 Å². The van der Waals surface area contributed by atoms with Crippen molar-refractivity contribution in [2.45, 2.75) is 25.2 Å². The van der Waals surface area contributed by atoms with Crippen LogP contribution in [0.25, 0.3) is 0 Å². The molecule has 1 heterocycles. The highest BCUT2D eigenvalue weighted by molar-refractivity contribution is 5.86. The van der Waals surface area contributed by atoms with Crippen LogP contribution < -0.4 is 10.6 Å². The highest BCUT2D eigenvalue weighted by atomic mass is 16.5. The number of amides is 2. The number of hydrogen-bond acceptors (Lipinski definition) is 4. The van der Waals surface area contributed by atoms with E-state index in [4.69, 9.17) is 4.74 Å². The zero-order valence-corrected chi connectivity index (χ0v) is 15.6. The molecule has 0 spiro atoms. The van der Waals surface area contributed by atoms with E-state index in [1.807, 2.05) is 62.6 Å². The lowest BCUT2D eigenvalue weighted by molar-refractivity contribution is -0.148. The molecule has 1 saturated heterocycles. The summed E-state index contributed by atoms with van der Waals surface area (Å²) < 4.78 is 5.57. The van der Waals surface area contributed by atoms with Crippen molar-refractivity contribution >= 4 is 11.8 Å².